The zero-order valence-electron chi connectivity index (χ0n) is 24.9. The average molecular weight is 598 g/mol. The summed E-state index contributed by atoms with van der Waals surface area (Å²) in [6.45, 7) is 12.7. The van der Waals surface area contributed by atoms with Gasteiger partial charge >= 0.3 is 0 Å². The molecular formula is C32H40ClN3O4S. The second-order valence-corrected chi connectivity index (χ2v) is 13.7. The van der Waals surface area contributed by atoms with E-state index in [1.807, 2.05) is 54.5 Å². The summed E-state index contributed by atoms with van der Waals surface area (Å²) in [4.78, 5) is 29.2. The minimum Gasteiger partial charge on any atom is -0.350 e. The molecule has 0 aliphatic heterocycles. The van der Waals surface area contributed by atoms with Crippen LogP contribution in [0.15, 0.2) is 71.6 Å². The normalized spacial score (nSPS) is 12.5. The molecule has 2 amide bonds. The molecule has 0 aliphatic rings. The first-order chi connectivity index (χ1) is 19.1. The molecule has 0 fully saturated rings. The maximum Gasteiger partial charge on any atom is 0.264 e. The van der Waals surface area contributed by atoms with Gasteiger partial charge in [0.05, 0.1) is 10.6 Å². The number of anilines is 1. The molecule has 0 bridgehead atoms. The summed E-state index contributed by atoms with van der Waals surface area (Å²) in [7, 11) is -4.13. The number of nitrogens with zero attached hydrogens (tertiary/aromatic N) is 2. The fraction of sp³-hybridized carbons (Fsp3) is 0.375. The van der Waals surface area contributed by atoms with Gasteiger partial charge in [0.15, 0.2) is 0 Å². The third-order valence-corrected chi connectivity index (χ3v) is 8.91. The molecule has 0 aromatic heterocycles. The molecular weight excluding hydrogens is 558 g/mol. The third-order valence-electron chi connectivity index (χ3n) is 6.88. The van der Waals surface area contributed by atoms with Crippen LogP contribution in [0, 0.1) is 20.8 Å². The molecule has 9 heteroatoms. The van der Waals surface area contributed by atoms with Crippen molar-refractivity contribution >= 4 is 39.1 Å². The van der Waals surface area contributed by atoms with Crippen molar-refractivity contribution in [3.63, 3.8) is 0 Å². The molecule has 0 saturated carbocycles. The van der Waals surface area contributed by atoms with Crippen molar-refractivity contribution in [3.8, 4) is 0 Å². The van der Waals surface area contributed by atoms with Gasteiger partial charge in [-0.3, -0.25) is 13.9 Å². The standard InChI is InChI=1S/C32H40ClN3O4S/c1-8-28(31(38)34-32(5,6)7)35(20-25-14-16-26(33)17-15-25)30(37)21-36(29-11-9-10-23(3)24(29)4)41(39,40)27-18-12-22(2)13-19-27/h9-19,28H,8,20-21H2,1-7H3,(H,34,38)/t28-/m0/s1. The van der Waals surface area contributed by atoms with Crippen LogP contribution in [0.2, 0.25) is 5.02 Å². The van der Waals surface area contributed by atoms with Gasteiger partial charge in [0, 0.05) is 17.1 Å². The van der Waals surface area contributed by atoms with Crippen LogP contribution in [0.25, 0.3) is 0 Å². The van der Waals surface area contributed by atoms with E-state index in [-0.39, 0.29) is 17.3 Å². The third kappa shape index (κ3) is 8.11. The molecule has 3 rings (SSSR count). The molecule has 3 aromatic rings. The van der Waals surface area contributed by atoms with E-state index in [1.54, 1.807) is 60.7 Å². The van der Waals surface area contributed by atoms with Gasteiger partial charge in [-0.25, -0.2) is 8.42 Å². The van der Waals surface area contributed by atoms with E-state index in [9.17, 15) is 18.0 Å². The van der Waals surface area contributed by atoms with Crippen LogP contribution in [0.1, 0.15) is 56.4 Å². The smallest absolute Gasteiger partial charge is 0.264 e. The zero-order valence-corrected chi connectivity index (χ0v) is 26.4. The Morgan fingerprint density at radius 1 is 0.927 bits per heavy atom. The lowest BCUT2D eigenvalue weighted by Crippen LogP contribution is -2.55. The van der Waals surface area contributed by atoms with E-state index in [4.69, 9.17) is 11.6 Å². The predicted molar refractivity (Wildman–Crippen MR) is 166 cm³/mol. The number of nitrogens with one attached hydrogen (secondary N) is 1. The highest BCUT2D eigenvalue weighted by Crippen LogP contribution is 2.29. The van der Waals surface area contributed by atoms with Gasteiger partial charge in [0.1, 0.15) is 12.6 Å². The number of carbonyl (C=O) groups excluding carboxylic acids is 2. The topological polar surface area (TPSA) is 86.8 Å². The Labute approximate surface area is 249 Å². The Morgan fingerprint density at radius 2 is 1.54 bits per heavy atom. The molecule has 0 heterocycles. The number of halogens is 1. The van der Waals surface area contributed by atoms with E-state index in [0.717, 1.165) is 26.6 Å². The molecule has 3 aromatic carbocycles. The summed E-state index contributed by atoms with van der Waals surface area (Å²) >= 11 is 6.09. The Morgan fingerprint density at radius 3 is 2.10 bits per heavy atom. The first-order valence-electron chi connectivity index (χ1n) is 13.7. The summed E-state index contributed by atoms with van der Waals surface area (Å²) < 4.78 is 29.3. The van der Waals surface area contributed by atoms with Gasteiger partial charge in [0.2, 0.25) is 11.8 Å². The zero-order chi connectivity index (χ0) is 30.5. The number of rotatable bonds is 10. The summed E-state index contributed by atoms with van der Waals surface area (Å²) in [5.41, 5.74) is 3.23. The summed E-state index contributed by atoms with van der Waals surface area (Å²) in [6, 6.07) is 18.1. The molecule has 1 N–H and O–H groups in total. The van der Waals surface area contributed by atoms with Crippen molar-refractivity contribution in [1.82, 2.24) is 10.2 Å². The van der Waals surface area contributed by atoms with Crippen LogP contribution >= 0.6 is 11.6 Å². The molecule has 0 spiro atoms. The van der Waals surface area contributed by atoms with Crippen LogP contribution in [0.4, 0.5) is 5.69 Å². The average Bonchev–Trinajstić information content (AvgIpc) is 2.89. The predicted octanol–water partition coefficient (Wildman–Crippen LogP) is 6.18. The lowest BCUT2D eigenvalue weighted by molar-refractivity contribution is -0.141. The summed E-state index contributed by atoms with van der Waals surface area (Å²) in [5.74, 6) is -0.797. The van der Waals surface area contributed by atoms with E-state index < -0.39 is 34.1 Å². The second-order valence-electron chi connectivity index (χ2n) is 11.4. The summed E-state index contributed by atoms with van der Waals surface area (Å²) in [5, 5.41) is 3.53. The molecule has 41 heavy (non-hydrogen) atoms. The van der Waals surface area contributed by atoms with Crippen LogP contribution in [0.3, 0.4) is 0 Å². The maximum atomic E-state index is 14.2. The van der Waals surface area contributed by atoms with Gasteiger partial charge in [-0.1, -0.05) is 60.5 Å². The Kier molecular flexibility index (Phi) is 10.3. The highest BCUT2D eigenvalue weighted by Gasteiger charge is 2.35. The van der Waals surface area contributed by atoms with E-state index in [2.05, 4.69) is 5.32 Å². The number of aryl methyl sites for hydroxylation is 2. The quantitative estimate of drug-likeness (QED) is 0.302. The number of carbonyl (C=O) groups is 2. The van der Waals surface area contributed by atoms with Crippen molar-refractivity contribution in [2.75, 3.05) is 10.8 Å². The van der Waals surface area contributed by atoms with E-state index >= 15 is 0 Å². The first-order valence-corrected chi connectivity index (χ1v) is 15.5. The summed E-state index contributed by atoms with van der Waals surface area (Å²) in [6.07, 6.45) is 0.343. The van der Waals surface area contributed by atoms with Crippen LogP contribution < -0.4 is 9.62 Å². The van der Waals surface area contributed by atoms with Crippen LogP contribution in [-0.2, 0) is 26.2 Å². The second kappa shape index (κ2) is 13.1. The minimum atomic E-state index is -4.13. The number of hydrogen-bond donors (Lipinski definition) is 1. The van der Waals surface area contributed by atoms with Crippen molar-refractivity contribution in [1.29, 1.82) is 0 Å². The molecule has 1 atom stereocenters. The van der Waals surface area contributed by atoms with Gasteiger partial charge in [0.25, 0.3) is 10.0 Å². The van der Waals surface area contributed by atoms with Crippen molar-refractivity contribution in [2.45, 2.75) is 77.9 Å². The van der Waals surface area contributed by atoms with Crippen molar-refractivity contribution in [2.24, 2.45) is 0 Å². The largest absolute Gasteiger partial charge is 0.350 e. The first kappa shape index (κ1) is 32.2. The number of sulfonamides is 1. The Bertz CT molecular complexity index is 1480. The molecule has 0 aliphatic carbocycles. The molecule has 0 unspecified atom stereocenters. The van der Waals surface area contributed by atoms with Gasteiger partial charge < -0.3 is 10.2 Å². The number of benzene rings is 3. The number of hydrogen-bond acceptors (Lipinski definition) is 4. The van der Waals surface area contributed by atoms with Gasteiger partial charge in [-0.2, -0.15) is 0 Å². The number of amides is 2. The molecule has 0 radical (unpaired) electrons. The van der Waals surface area contributed by atoms with E-state index in [1.165, 1.54) is 4.90 Å². The lowest BCUT2D eigenvalue weighted by atomic mass is 10.1. The molecule has 0 saturated heterocycles. The van der Waals surface area contributed by atoms with Crippen LogP contribution in [0.5, 0.6) is 0 Å². The lowest BCUT2D eigenvalue weighted by Gasteiger charge is -2.35. The van der Waals surface area contributed by atoms with Crippen molar-refractivity contribution in [3.05, 3.63) is 94.0 Å². The highest BCUT2D eigenvalue weighted by molar-refractivity contribution is 7.92. The minimum absolute atomic E-state index is 0.0820. The van der Waals surface area contributed by atoms with Gasteiger partial charge in [-0.05, 0) is 95.0 Å². The monoisotopic (exact) mass is 597 g/mol. The van der Waals surface area contributed by atoms with Gasteiger partial charge in [-0.15, -0.1) is 0 Å². The fourth-order valence-corrected chi connectivity index (χ4v) is 6.11. The van der Waals surface area contributed by atoms with Crippen molar-refractivity contribution < 1.29 is 18.0 Å². The van der Waals surface area contributed by atoms with E-state index in [0.29, 0.717) is 17.1 Å². The van der Waals surface area contributed by atoms with Crippen LogP contribution in [-0.4, -0.2) is 43.3 Å². The maximum absolute atomic E-state index is 14.2. The highest BCUT2D eigenvalue weighted by atomic mass is 35.5. The molecule has 7 nitrogen and oxygen atoms in total. The SMILES string of the molecule is CC[C@@H](C(=O)NC(C)(C)C)N(Cc1ccc(Cl)cc1)C(=O)CN(c1cccc(C)c1C)S(=O)(=O)c1ccc(C)cc1. The Balaban J connectivity index is 2.11. The fourth-order valence-electron chi connectivity index (χ4n) is 4.52. The molecule has 220 valence electrons. The Hall–Kier alpha value is -3.36.